The van der Waals surface area contributed by atoms with Gasteiger partial charge in [0.25, 0.3) is 0 Å². The molecule has 0 aromatic heterocycles. The zero-order valence-corrected chi connectivity index (χ0v) is 21.5. The van der Waals surface area contributed by atoms with Gasteiger partial charge in [0.2, 0.25) is 0 Å². The van der Waals surface area contributed by atoms with Crippen LogP contribution in [0, 0.1) is 40.9 Å². The third-order valence-electron chi connectivity index (χ3n) is 8.50. The Kier molecular flexibility index (Phi) is 10.4. The van der Waals surface area contributed by atoms with Crippen LogP contribution in [0.2, 0.25) is 0 Å². The van der Waals surface area contributed by atoms with E-state index in [9.17, 15) is 4.79 Å². The van der Waals surface area contributed by atoms with Crippen LogP contribution in [0.1, 0.15) is 26.2 Å². The van der Waals surface area contributed by atoms with E-state index in [1.54, 1.807) is 7.11 Å². The average Bonchev–Trinajstić information content (AvgIpc) is 3.63. The van der Waals surface area contributed by atoms with Gasteiger partial charge in [-0.1, -0.05) is 12.2 Å². The molecular weight excluding hydrogens is 452 g/mol. The van der Waals surface area contributed by atoms with Gasteiger partial charge in [-0.2, -0.15) is 0 Å². The molecule has 0 aromatic rings. The zero-order chi connectivity index (χ0) is 24.5. The number of carbonyl (C=O) groups is 1. The van der Waals surface area contributed by atoms with Crippen molar-refractivity contribution < 1.29 is 38.0 Å². The molecule has 0 radical (unpaired) electrons. The molecule has 0 saturated heterocycles. The second kappa shape index (κ2) is 13.5. The lowest BCUT2D eigenvalue weighted by atomic mass is 9.63. The van der Waals surface area contributed by atoms with Crippen LogP contribution in [-0.2, 0) is 38.0 Å². The van der Waals surface area contributed by atoms with E-state index in [2.05, 4.69) is 19.1 Å². The summed E-state index contributed by atoms with van der Waals surface area (Å²) < 4.78 is 37.8. The lowest BCUT2D eigenvalue weighted by Crippen LogP contribution is -2.43. The molecule has 4 aliphatic rings. The van der Waals surface area contributed by atoms with E-state index in [0.717, 1.165) is 18.3 Å². The van der Waals surface area contributed by atoms with Crippen molar-refractivity contribution in [2.24, 2.45) is 40.9 Å². The largest absolute Gasteiger partial charge is 0.463 e. The van der Waals surface area contributed by atoms with Crippen LogP contribution in [0.15, 0.2) is 12.2 Å². The van der Waals surface area contributed by atoms with E-state index in [0.29, 0.717) is 103 Å². The van der Waals surface area contributed by atoms with Crippen LogP contribution >= 0.6 is 0 Å². The predicted molar refractivity (Wildman–Crippen MR) is 129 cm³/mol. The molecule has 7 unspecified atom stereocenters. The maximum absolute atomic E-state index is 13.0. The number of methoxy groups -OCH3 is 1. The SMILES string of the molecule is COCCOCCOCCOCCOCCOCCOC(=O)C1(C)CC2CC1C1C3C=CC(C3)C21. The number of ether oxygens (including phenoxy) is 7. The summed E-state index contributed by atoms with van der Waals surface area (Å²) in [6.45, 7) is 8.23. The van der Waals surface area contributed by atoms with Gasteiger partial charge in [-0.3, -0.25) is 4.79 Å². The summed E-state index contributed by atoms with van der Waals surface area (Å²) in [7, 11) is 1.65. The van der Waals surface area contributed by atoms with Crippen LogP contribution in [0.25, 0.3) is 0 Å². The molecule has 3 saturated carbocycles. The van der Waals surface area contributed by atoms with Gasteiger partial charge in [-0.25, -0.2) is 0 Å². The predicted octanol–water partition coefficient (Wildman–Crippen LogP) is 2.74. The number of allylic oxidation sites excluding steroid dienone is 2. The fourth-order valence-electron chi connectivity index (χ4n) is 7.09. The lowest BCUT2D eigenvalue weighted by molar-refractivity contribution is -0.162. The van der Waals surface area contributed by atoms with Crippen LogP contribution in [0.4, 0.5) is 0 Å². The van der Waals surface area contributed by atoms with E-state index >= 15 is 0 Å². The van der Waals surface area contributed by atoms with Crippen LogP contribution < -0.4 is 0 Å². The molecule has 35 heavy (non-hydrogen) atoms. The summed E-state index contributed by atoms with van der Waals surface area (Å²) in [5.41, 5.74) is -0.309. The highest BCUT2D eigenvalue weighted by molar-refractivity contribution is 5.77. The Morgan fingerprint density at radius 1 is 0.714 bits per heavy atom. The van der Waals surface area contributed by atoms with Gasteiger partial charge in [-0.15, -0.1) is 0 Å². The Hall–Kier alpha value is -1.03. The monoisotopic (exact) mass is 496 g/mol. The molecule has 0 spiro atoms. The Bertz CT molecular complexity index is 684. The Morgan fingerprint density at radius 3 is 1.74 bits per heavy atom. The van der Waals surface area contributed by atoms with Crippen LogP contribution in [0.5, 0.6) is 0 Å². The molecule has 7 atom stereocenters. The third kappa shape index (κ3) is 6.65. The van der Waals surface area contributed by atoms with E-state index in [-0.39, 0.29) is 11.4 Å². The van der Waals surface area contributed by atoms with Gasteiger partial charge in [0.15, 0.2) is 0 Å². The molecule has 0 aromatic carbocycles. The molecule has 0 amide bonds. The van der Waals surface area contributed by atoms with E-state index in [4.69, 9.17) is 33.2 Å². The lowest BCUT2D eigenvalue weighted by Gasteiger charge is -2.41. The van der Waals surface area contributed by atoms with Crippen molar-refractivity contribution in [3.8, 4) is 0 Å². The van der Waals surface area contributed by atoms with Crippen molar-refractivity contribution in [1.82, 2.24) is 0 Å². The normalized spacial score (nSPS) is 34.1. The van der Waals surface area contributed by atoms with Crippen molar-refractivity contribution in [3.05, 3.63) is 12.2 Å². The Labute approximate surface area is 209 Å². The topological polar surface area (TPSA) is 81.7 Å². The molecule has 0 N–H and O–H groups in total. The average molecular weight is 497 g/mol. The van der Waals surface area contributed by atoms with Gasteiger partial charge in [-0.05, 0) is 61.7 Å². The van der Waals surface area contributed by atoms with Gasteiger partial charge in [0.1, 0.15) is 6.61 Å². The second-order valence-corrected chi connectivity index (χ2v) is 10.5. The maximum Gasteiger partial charge on any atom is 0.312 e. The molecule has 200 valence electrons. The smallest absolute Gasteiger partial charge is 0.312 e. The molecule has 4 aliphatic carbocycles. The molecule has 8 nitrogen and oxygen atoms in total. The van der Waals surface area contributed by atoms with Gasteiger partial charge in [0.05, 0.1) is 78.1 Å². The summed E-state index contributed by atoms with van der Waals surface area (Å²) in [5.74, 6) is 4.19. The van der Waals surface area contributed by atoms with E-state index in [1.807, 2.05) is 0 Å². The summed E-state index contributed by atoms with van der Waals surface area (Å²) in [4.78, 5) is 13.0. The second-order valence-electron chi connectivity index (χ2n) is 10.5. The van der Waals surface area contributed by atoms with E-state index in [1.165, 1.54) is 12.8 Å². The van der Waals surface area contributed by atoms with Crippen molar-refractivity contribution in [1.29, 1.82) is 0 Å². The Morgan fingerprint density at radius 2 is 1.20 bits per heavy atom. The molecular formula is C27H44O8. The molecule has 0 heterocycles. The standard InChI is InChI=1S/C27H44O8/c1-27(19-22-18-23(27)25-21-4-3-20(17-21)24(22)25)26(28)35-16-15-34-14-13-33-12-11-32-10-9-31-8-7-30-6-5-29-2/h3-4,20-25H,5-19H2,1-2H3. The fraction of sp³-hybridized carbons (Fsp3) is 0.889. The molecule has 8 heteroatoms. The molecule has 0 aliphatic heterocycles. The summed E-state index contributed by atoms with van der Waals surface area (Å²) in [6, 6.07) is 0. The third-order valence-corrected chi connectivity index (χ3v) is 8.50. The first kappa shape index (κ1) is 27.0. The molecule has 3 fully saturated rings. The van der Waals surface area contributed by atoms with Crippen molar-refractivity contribution >= 4 is 5.97 Å². The number of rotatable bonds is 19. The van der Waals surface area contributed by atoms with Crippen molar-refractivity contribution in [2.45, 2.75) is 26.2 Å². The first-order valence-electron chi connectivity index (χ1n) is 13.4. The van der Waals surface area contributed by atoms with Crippen LogP contribution in [-0.4, -0.2) is 92.4 Å². The number of fused-ring (bicyclic) bond motifs is 9. The highest BCUT2D eigenvalue weighted by Crippen LogP contribution is 2.70. The highest BCUT2D eigenvalue weighted by Gasteiger charge is 2.66. The van der Waals surface area contributed by atoms with Gasteiger partial charge >= 0.3 is 5.97 Å². The zero-order valence-electron chi connectivity index (χ0n) is 21.5. The minimum Gasteiger partial charge on any atom is -0.463 e. The van der Waals surface area contributed by atoms with E-state index < -0.39 is 0 Å². The van der Waals surface area contributed by atoms with Crippen molar-refractivity contribution in [2.75, 3.05) is 86.4 Å². The summed E-state index contributed by atoms with van der Waals surface area (Å²) >= 11 is 0. The fourth-order valence-corrected chi connectivity index (χ4v) is 7.09. The first-order chi connectivity index (χ1) is 17.1. The van der Waals surface area contributed by atoms with Gasteiger partial charge < -0.3 is 33.2 Å². The minimum absolute atomic E-state index is 0.0187. The first-order valence-corrected chi connectivity index (χ1v) is 13.4. The number of carbonyl (C=O) groups excluding carboxylic acids is 1. The quantitative estimate of drug-likeness (QED) is 0.117. The number of hydrogen-bond donors (Lipinski definition) is 0. The van der Waals surface area contributed by atoms with Gasteiger partial charge in [0, 0.05) is 7.11 Å². The summed E-state index contributed by atoms with van der Waals surface area (Å²) in [5, 5.41) is 0. The van der Waals surface area contributed by atoms with Crippen molar-refractivity contribution in [3.63, 3.8) is 0 Å². The minimum atomic E-state index is -0.309. The Balaban J connectivity index is 0.940. The highest BCUT2D eigenvalue weighted by atomic mass is 16.6. The molecule has 4 rings (SSSR count). The number of hydrogen-bond acceptors (Lipinski definition) is 8. The van der Waals surface area contributed by atoms with Crippen LogP contribution in [0.3, 0.4) is 0 Å². The maximum atomic E-state index is 13.0. The summed E-state index contributed by atoms with van der Waals surface area (Å²) in [6.07, 6.45) is 8.39. The molecule has 4 bridgehead atoms. The number of esters is 1.